The Bertz CT molecular complexity index is 1560. The second-order valence-electron chi connectivity index (χ2n) is 7.28. The number of nitrogens with zero attached hydrogens (tertiary/aromatic N) is 3. The molecule has 2 aromatic carbocycles. The van der Waals surface area contributed by atoms with Crippen LogP contribution < -0.4 is 16.4 Å². The summed E-state index contributed by atoms with van der Waals surface area (Å²) in [5, 5.41) is 9.17. The number of carbonyl (C=O) groups excluding carboxylic acids is 1. The van der Waals surface area contributed by atoms with Crippen molar-refractivity contribution in [3.05, 3.63) is 76.3 Å². The topological polar surface area (TPSA) is 106 Å². The van der Waals surface area contributed by atoms with Crippen molar-refractivity contribution in [3.63, 3.8) is 0 Å². The molecular weight excluding hydrogens is 498 g/mol. The zero-order valence-corrected chi connectivity index (χ0v) is 20.0. The molecule has 0 spiro atoms. The largest absolute Gasteiger partial charge is 0.382 e. The standard InChI is InChI=1S/C23H16ClFN6OS.ClH/c1-11-5-6-13-12(7-8-27-22(13)30-16-4-2-3-15(24)17(16)25)18(11)31-23(32)14-9-33-20-19(14)28-10-29-21(20)26;/h2-10H,1H3,(H,27,30)(H,31,32)(H2,26,28,29);1H. The Morgan fingerprint density at radius 2 is 1.94 bits per heavy atom. The van der Waals surface area contributed by atoms with Crippen molar-refractivity contribution in [3.8, 4) is 0 Å². The van der Waals surface area contributed by atoms with Gasteiger partial charge in [-0.2, -0.15) is 0 Å². The van der Waals surface area contributed by atoms with Gasteiger partial charge in [0.15, 0.2) is 5.82 Å². The fourth-order valence-electron chi connectivity index (χ4n) is 3.57. The minimum absolute atomic E-state index is 0. The monoisotopic (exact) mass is 514 g/mol. The van der Waals surface area contributed by atoms with Crippen LogP contribution in [0.1, 0.15) is 15.9 Å². The first kappa shape index (κ1) is 23.6. The molecule has 5 aromatic rings. The average Bonchev–Trinajstić information content (AvgIpc) is 3.24. The van der Waals surface area contributed by atoms with Crippen LogP contribution in [-0.4, -0.2) is 20.9 Å². The van der Waals surface area contributed by atoms with E-state index in [-0.39, 0.29) is 29.0 Å². The van der Waals surface area contributed by atoms with Gasteiger partial charge in [0, 0.05) is 22.3 Å². The summed E-state index contributed by atoms with van der Waals surface area (Å²) in [5.41, 5.74) is 8.50. The van der Waals surface area contributed by atoms with Crippen molar-refractivity contribution in [2.24, 2.45) is 0 Å². The number of thiophene rings is 1. The van der Waals surface area contributed by atoms with Gasteiger partial charge in [0.25, 0.3) is 5.91 Å². The molecule has 0 bridgehead atoms. The summed E-state index contributed by atoms with van der Waals surface area (Å²) >= 11 is 7.22. The highest BCUT2D eigenvalue weighted by Gasteiger charge is 2.18. The number of nitrogens with one attached hydrogen (secondary N) is 2. The number of hydrogen-bond acceptors (Lipinski definition) is 7. The van der Waals surface area contributed by atoms with Crippen LogP contribution in [0, 0.1) is 12.7 Å². The Hall–Kier alpha value is -3.53. The molecule has 34 heavy (non-hydrogen) atoms. The number of fused-ring (bicyclic) bond motifs is 2. The Kier molecular flexibility index (Phi) is 6.52. The van der Waals surface area contributed by atoms with Gasteiger partial charge < -0.3 is 16.4 Å². The van der Waals surface area contributed by atoms with E-state index in [1.165, 1.54) is 23.7 Å². The van der Waals surface area contributed by atoms with Crippen LogP contribution in [-0.2, 0) is 0 Å². The van der Waals surface area contributed by atoms with E-state index in [1.807, 2.05) is 19.1 Å². The third-order valence-electron chi connectivity index (χ3n) is 5.22. The second-order valence-corrected chi connectivity index (χ2v) is 8.57. The van der Waals surface area contributed by atoms with Crippen LogP contribution in [0.5, 0.6) is 0 Å². The number of rotatable bonds is 4. The van der Waals surface area contributed by atoms with E-state index in [4.69, 9.17) is 17.3 Å². The van der Waals surface area contributed by atoms with Crippen LogP contribution in [0.2, 0.25) is 5.02 Å². The van der Waals surface area contributed by atoms with Crippen LogP contribution in [0.4, 0.5) is 27.4 Å². The summed E-state index contributed by atoms with van der Waals surface area (Å²) in [6, 6.07) is 10.2. The lowest BCUT2D eigenvalue weighted by atomic mass is 10.0. The Labute approximate surface area is 208 Å². The van der Waals surface area contributed by atoms with Crippen molar-refractivity contribution >= 4 is 85.3 Å². The van der Waals surface area contributed by atoms with Crippen molar-refractivity contribution in [1.29, 1.82) is 0 Å². The number of aryl methyl sites for hydroxylation is 1. The molecule has 0 unspecified atom stereocenters. The molecule has 172 valence electrons. The first-order chi connectivity index (χ1) is 15.9. The fourth-order valence-corrected chi connectivity index (χ4v) is 4.65. The molecule has 7 nitrogen and oxygen atoms in total. The van der Waals surface area contributed by atoms with Gasteiger partial charge in [-0.05, 0) is 30.7 Å². The van der Waals surface area contributed by atoms with Crippen molar-refractivity contribution in [2.45, 2.75) is 6.92 Å². The molecule has 3 aromatic heterocycles. The van der Waals surface area contributed by atoms with Crippen molar-refractivity contribution < 1.29 is 9.18 Å². The highest BCUT2D eigenvalue weighted by molar-refractivity contribution is 7.18. The normalized spacial score (nSPS) is 10.8. The Morgan fingerprint density at radius 1 is 1.12 bits per heavy atom. The number of nitrogen functional groups attached to an aromatic ring is 1. The first-order valence-electron chi connectivity index (χ1n) is 9.82. The maximum Gasteiger partial charge on any atom is 0.258 e. The average molecular weight is 515 g/mol. The van der Waals surface area contributed by atoms with Gasteiger partial charge in [-0.3, -0.25) is 4.79 Å². The summed E-state index contributed by atoms with van der Waals surface area (Å²) in [7, 11) is 0. The molecule has 0 saturated carbocycles. The zero-order chi connectivity index (χ0) is 23.1. The van der Waals surface area contributed by atoms with E-state index >= 15 is 0 Å². The highest BCUT2D eigenvalue weighted by atomic mass is 35.5. The van der Waals surface area contributed by atoms with Gasteiger partial charge in [0.1, 0.15) is 18.0 Å². The number of anilines is 4. The lowest BCUT2D eigenvalue weighted by molar-refractivity contribution is 0.102. The van der Waals surface area contributed by atoms with Crippen molar-refractivity contribution in [2.75, 3.05) is 16.4 Å². The minimum atomic E-state index is -0.566. The molecule has 0 aliphatic rings. The Balaban J connectivity index is 0.00000274. The molecule has 0 atom stereocenters. The number of pyridine rings is 1. The van der Waals surface area contributed by atoms with E-state index in [0.717, 1.165) is 10.9 Å². The fraction of sp³-hybridized carbons (Fsp3) is 0.0435. The number of amides is 1. The number of nitrogens with two attached hydrogens (primary N) is 1. The lowest BCUT2D eigenvalue weighted by Gasteiger charge is -2.15. The van der Waals surface area contributed by atoms with Crippen LogP contribution >= 0.6 is 35.3 Å². The third kappa shape index (κ3) is 4.09. The zero-order valence-electron chi connectivity index (χ0n) is 17.6. The molecule has 5 rings (SSSR count). The number of benzene rings is 2. The van der Waals surface area contributed by atoms with E-state index < -0.39 is 5.82 Å². The van der Waals surface area contributed by atoms with Crippen LogP contribution in [0.25, 0.3) is 21.0 Å². The summed E-state index contributed by atoms with van der Waals surface area (Å²) < 4.78 is 15.1. The molecule has 0 saturated heterocycles. The maximum atomic E-state index is 14.4. The highest BCUT2D eigenvalue weighted by Crippen LogP contribution is 2.34. The first-order valence-corrected chi connectivity index (χ1v) is 11.1. The molecule has 1 amide bonds. The SMILES string of the molecule is Cc1ccc2c(Nc3cccc(Cl)c3F)nccc2c1NC(=O)c1csc2c(N)ncnc12.Cl. The molecule has 0 fully saturated rings. The van der Waals surface area contributed by atoms with Gasteiger partial charge in [0.05, 0.1) is 32.2 Å². The van der Waals surface area contributed by atoms with Gasteiger partial charge in [-0.25, -0.2) is 19.3 Å². The summed E-state index contributed by atoms with van der Waals surface area (Å²) in [5.74, 6) is -0.113. The number of carbonyl (C=O) groups is 1. The predicted octanol–water partition coefficient (Wildman–Crippen LogP) is 6.34. The number of aromatic nitrogens is 3. The summed E-state index contributed by atoms with van der Waals surface area (Å²) in [6.45, 7) is 1.89. The number of halogens is 3. The van der Waals surface area contributed by atoms with E-state index in [1.54, 1.807) is 29.8 Å². The number of hydrogen-bond donors (Lipinski definition) is 3. The molecular formula is C23H17Cl2FN6OS. The van der Waals surface area contributed by atoms with Gasteiger partial charge in [-0.15, -0.1) is 23.7 Å². The van der Waals surface area contributed by atoms with Crippen molar-refractivity contribution in [1.82, 2.24) is 15.0 Å². The molecule has 0 aliphatic carbocycles. The summed E-state index contributed by atoms with van der Waals surface area (Å²) in [4.78, 5) is 25.7. The summed E-state index contributed by atoms with van der Waals surface area (Å²) in [6.07, 6.45) is 2.93. The molecule has 4 N–H and O–H groups in total. The molecule has 0 radical (unpaired) electrons. The predicted molar refractivity (Wildman–Crippen MR) is 138 cm³/mol. The van der Waals surface area contributed by atoms with Gasteiger partial charge >= 0.3 is 0 Å². The third-order valence-corrected chi connectivity index (χ3v) is 6.51. The molecule has 11 heteroatoms. The van der Waals surface area contributed by atoms with Crippen LogP contribution in [0.15, 0.2) is 54.3 Å². The van der Waals surface area contributed by atoms with E-state index in [2.05, 4.69) is 25.6 Å². The van der Waals surface area contributed by atoms with Gasteiger partial charge in [-0.1, -0.05) is 29.8 Å². The second kappa shape index (κ2) is 9.38. The quantitative estimate of drug-likeness (QED) is 0.258. The van der Waals surface area contributed by atoms with E-state index in [9.17, 15) is 9.18 Å². The lowest BCUT2D eigenvalue weighted by Crippen LogP contribution is -2.13. The molecule has 0 aliphatic heterocycles. The van der Waals surface area contributed by atoms with Gasteiger partial charge in [0.2, 0.25) is 0 Å². The smallest absolute Gasteiger partial charge is 0.258 e. The molecule has 3 heterocycles. The van der Waals surface area contributed by atoms with Crippen LogP contribution in [0.3, 0.4) is 0 Å². The maximum absolute atomic E-state index is 14.4. The Morgan fingerprint density at radius 3 is 2.76 bits per heavy atom. The minimum Gasteiger partial charge on any atom is -0.382 e. The van der Waals surface area contributed by atoms with E-state index in [0.29, 0.717) is 38.5 Å².